The molecule has 0 unspecified atom stereocenters. The number of hydrogen-bond acceptors (Lipinski definition) is 2. The molecule has 100 valence electrons. The number of carbonyl (C=O) groups is 2. The largest absolute Gasteiger partial charge is 0.478 e. The summed E-state index contributed by atoms with van der Waals surface area (Å²) in [6.07, 6.45) is 2.48. The van der Waals surface area contributed by atoms with E-state index in [2.05, 4.69) is 5.32 Å². The van der Waals surface area contributed by atoms with Gasteiger partial charge in [-0.1, -0.05) is 30.3 Å². The molecule has 0 heterocycles. The number of para-hydroxylation sites is 1. The Hall–Kier alpha value is -2.88. The van der Waals surface area contributed by atoms with E-state index >= 15 is 0 Å². The SMILES string of the molecule is O=C(O)C=Cc1cccc(C(=O)Nc2ccccc2)c1. The maximum atomic E-state index is 12.1. The molecule has 0 spiro atoms. The van der Waals surface area contributed by atoms with Crippen LogP contribution in [-0.2, 0) is 4.79 Å². The van der Waals surface area contributed by atoms with Crippen molar-refractivity contribution in [3.63, 3.8) is 0 Å². The molecule has 0 aromatic heterocycles. The highest BCUT2D eigenvalue weighted by molar-refractivity contribution is 6.04. The topological polar surface area (TPSA) is 66.4 Å². The van der Waals surface area contributed by atoms with Crippen molar-refractivity contribution in [3.05, 3.63) is 71.8 Å². The first-order valence-corrected chi connectivity index (χ1v) is 6.02. The lowest BCUT2D eigenvalue weighted by Gasteiger charge is -2.05. The Morgan fingerprint density at radius 3 is 2.45 bits per heavy atom. The number of nitrogens with one attached hydrogen (secondary N) is 1. The van der Waals surface area contributed by atoms with Gasteiger partial charge in [-0.05, 0) is 35.9 Å². The van der Waals surface area contributed by atoms with Crippen LogP contribution < -0.4 is 5.32 Å². The third-order valence-electron chi connectivity index (χ3n) is 2.60. The van der Waals surface area contributed by atoms with E-state index in [4.69, 9.17) is 5.11 Å². The lowest BCUT2D eigenvalue weighted by Crippen LogP contribution is -2.11. The fraction of sp³-hybridized carbons (Fsp3) is 0. The lowest BCUT2D eigenvalue weighted by atomic mass is 10.1. The smallest absolute Gasteiger partial charge is 0.328 e. The predicted molar refractivity (Wildman–Crippen MR) is 77.5 cm³/mol. The zero-order valence-electron chi connectivity index (χ0n) is 10.6. The molecule has 0 aliphatic heterocycles. The number of rotatable bonds is 4. The highest BCUT2D eigenvalue weighted by Gasteiger charge is 2.05. The van der Waals surface area contributed by atoms with Crippen LogP contribution in [0.3, 0.4) is 0 Å². The second-order valence-electron chi connectivity index (χ2n) is 4.12. The Labute approximate surface area is 116 Å². The minimum atomic E-state index is -1.02. The lowest BCUT2D eigenvalue weighted by molar-refractivity contribution is -0.131. The number of carboxylic acids is 1. The summed E-state index contributed by atoms with van der Waals surface area (Å²) in [5, 5.41) is 11.4. The zero-order chi connectivity index (χ0) is 14.4. The number of anilines is 1. The van der Waals surface area contributed by atoms with Gasteiger partial charge in [-0.25, -0.2) is 4.79 Å². The van der Waals surface area contributed by atoms with E-state index in [1.165, 1.54) is 6.08 Å². The van der Waals surface area contributed by atoms with Gasteiger partial charge in [0.15, 0.2) is 0 Å². The summed E-state index contributed by atoms with van der Waals surface area (Å²) in [5.74, 6) is -1.26. The minimum absolute atomic E-state index is 0.234. The predicted octanol–water partition coefficient (Wildman–Crippen LogP) is 3.04. The summed E-state index contributed by atoms with van der Waals surface area (Å²) >= 11 is 0. The van der Waals surface area contributed by atoms with Crippen LogP contribution in [0.4, 0.5) is 5.69 Å². The van der Waals surface area contributed by atoms with Crippen LogP contribution in [0, 0.1) is 0 Å². The van der Waals surface area contributed by atoms with E-state index in [0.29, 0.717) is 16.8 Å². The van der Waals surface area contributed by atoms with Gasteiger partial charge in [0, 0.05) is 17.3 Å². The molecular weight excluding hydrogens is 254 g/mol. The van der Waals surface area contributed by atoms with Crippen LogP contribution in [0.2, 0.25) is 0 Å². The molecule has 0 aliphatic rings. The van der Waals surface area contributed by atoms with Crippen LogP contribution in [0.25, 0.3) is 6.08 Å². The molecular formula is C16H13NO3. The van der Waals surface area contributed by atoms with Gasteiger partial charge < -0.3 is 10.4 Å². The zero-order valence-corrected chi connectivity index (χ0v) is 10.6. The summed E-state index contributed by atoms with van der Waals surface area (Å²) in [6.45, 7) is 0. The van der Waals surface area contributed by atoms with Gasteiger partial charge >= 0.3 is 5.97 Å². The third-order valence-corrected chi connectivity index (χ3v) is 2.60. The van der Waals surface area contributed by atoms with Gasteiger partial charge in [-0.2, -0.15) is 0 Å². The van der Waals surface area contributed by atoms with Crippen molar-refractivity contribution in [1.29, 1.82) is 0 Å². The van der Waals surface area contributed by atoms with Crippen molar-refractivity contribution in [1.82, 2.24) is 0 Å². The van der Waals surface area contributed by atoms with Crippen molar-refractivity contribution in [3.8, 4) is 0 Å². The molecule has 2 N–H and O–H groups in total. The molecule has 0 saturated heterocycles. The monoisotopic (exact) mass is 267 g/mol. The van der Waals surface area contributed by atoms with Gasteiger partial charge in [-0.3, -0.25) is 4.79 Å². The summed E-state index contributed by atoms with van der Waals surface area (Å²) in [4.78, 5) is 22.5. The molecule has 2 aromatic rings. The maximum absolute atomic E-state index is 12.1. The Balaban J connectivity index is 2.14. The number of benzene rings is 2. The molecule has 4 nitrogen and oxygen atoms in total. The van der Waals surface area contributed by atoms with Crippen molar-refractivity contribution in [2.45, 2.75) is 0 Å². The molecule has 0 radical (unpaired) electrons. The van der Waals surface area contributed by atoms with E-state index in [1.54, 1.807) is 36.4 Å². The van der Waals surface area contributed by atoms with Crippen molar-refractivity contribution < 1.29 is 14.7 Å². The average Bonchev–Trinajstić information content (AvgIpc) is 2.46. The number of carbonyl (C=O) groups excluding carboxylic acids is 1. The van der Waals surface area contributed by atoms with Crippen molar-refractivity contribution >= 4 is 23.6 Å². The van der Waals surface area contributed by atoms with Gasteiger partial charge in [-0.15, -0.1) is 0 Å². The summed E-state index contributed by atoms with van der Waals surface area (Å²) in [6, 6.07) is 15.9. The van der Waals surface area contributed by atoms with E-state index in [9.17, 15) is 9.59 Å². The number of carboxylic acid groups (broad SMARTS) is 1. The minimum Gasteiger partial charge on any atom is -0.478 e. The van der Waals surface area contributed by atoms with E-state index in [0.717, 1.165) is 6.08 Å². The standard InChI is InChI=1S/C16H13NO3/c18-15(19)10-9-12-5-4-6-13(11-12)16(20)17-14-7-2-1-3-8-14/h1-11H,(H,17,20)(H,18,19). The molecule has 0 fully saturated rings. The molecule has 20 heavy (non-hydrogen) atoms. The molecule has 1 amide bonds. The Morgan fingerprint density at radius 2 is 1.75 bits per heavy atom. The average molecular weight is 267 g/mol. The molecule has 4 heteroatoms. The first-order chi connectivity index (χ1) is 9.65. The van der Waals surface area contributed by atoms with E-state index in [1.807, 2.05) is 18.2 Å². The summed E-state index contributed by atoms with van der Waals surface area (Å²) < 4.78 is 0. The summed E-state index contributed by atoms with van der Waals surface area (Å²) in [5.41, 5.74) is 1.85. The highest BCUT2D eigenvalue weighted by Crippen LogP contribution is 2.11. The molecule has 0 atom stereocenters. The van der Waals surface area contributed by atoms with Gasteiger partial charge in [0.05, 0.1) is 0 Å². The number of aliphatic carboxylic acids is 1. The quantitative estimate of drug-likeness (QED) is 0.837. The van der Waals surface area contributed by atoms with Crippen LogP contribution in [0.5, 0.6) is 0 Å². The fourth-order valence-electron chi connectivity index (χ4n) is 1.68. The normalized spacial score (nSPS) is 10.4. The number of amides is 1. The molecule has 0 saturated carbocycles. The Morgan fingerprint density at radius 1 is 1.00 bits per heavy atom. The van der Waals surface area contributed by atoms with Crippen LogP contribution in [0.15, 0.2) is 60.7 Å². The van der Waals surface area contributed by atoms with Gasteiger partial charge in [0.2, 0.25) is 0 Å². The molecule has 2 rings (SSSR count). The third kappa shape index (κ3) is 3.81. The second kappa shape index (κ2) is 6.33. The van der Waals surface area contributed by atoms with Crippen molar-refractivity contribution in [2.75, 3.05) is 5.32 Å². The molecule has 0 aliphatic carbocycles. The Kier molecular flexibility index (Phi) is 4.29. The molecule has 0 bridgehead atoms. The first kappa shape index (κ1) is 13.5. The van der Waals surface area contributed by atoms with Crippen LogP contribution in [0.1, 0.15) is 15.9 Å². The Bertz CT molecular complexity index is 648. The number of hydrogen-bond donors (Lipinski definition) is 2. The highest BCUT2D eigenvalue weighted by atomic mass is 16.4. The summed E-state index contributed by atoms with van der Waals surface area (Å²) in [7, 11) is 0. The van der Waals surface area contributed by atoms with Gasteiger partial charge in [0.1, 0.15) is 0 Å². The van der Waals surface area contributed by atoms with E-state index in [-0.39, 0.29) is 5.91 Å². The van der Waals surface area contributed by atoms with E-state index < -0.39 is 5.97 Å². The van der Waals surface area contributed by atoms with Crippen molar-refractivity contribution in [2.24, 2.45) is 0 Å². The second-order valence-corrected chi connectivity index (χ2v) is 4.12. The van der Waals surface area contributed by atoms with Crippen LogP contribution in [-0.4, -0.2) is 17.0 Å². The van der Waals surface area contributed by atoms with Gasteiger partial charge in [0.25, 0.3) is 5.91 Å². The maximum Gasteiger partial charge on any atom is 0.328 e. The molecule has 2 aromatic carbocycles. The fourth-order valence-corrected chi connectivity index (χ4v) is 1.68. The van der Waals surface area contributed by atoms with Crippen LogP contribution >= 0.6 is 0 Å². The first-order valence-electron chi connectivity index (χ1n) is 6.02.